The molecule has 3 aromatic rings. The van der Waals surface area contributed by atoms with Gasteiger partial charge in [0.25, 0.3) is 0 Å². The van der Waals surface area contributed by atoms with Crippen LogP contribution in [0, 0.1) is 6.92 Å². The number of carbonyl (C=O) groups is 1. The third-order valence-electron chi connectivity index (χ3n) is 4.73. The van der Waals surface area contributed by atoms with Crippen LogP contribution in [0.15, 0.2) is 40.3 Å². The molecule has 1 aliphatic heterocycles. The first kappa shape index (κ1) is 18.6. The maximum atomic E-state index is 12.3. The van der Waals surface area contributed by atoms with E-state index < -0.39 is 0 Å². The Kier molecular flexibility index (Phi) is 5.40. The first-order valence-electron chi connectivity index (χ1n) is 9.27. The fourth-order valence-corrected chi connectivity index (χ4v) is 3.89. The van der Waals surface area contributed by atoms with E-state index in [1.807, 2.05) is 42.8 Å². The number of aryl methyl sites for hydroxylation is 1. The number of hydrogen-bond acceptors (Lipinski definition) is 7. The first-order chi connectivity index (χ1) is 13.6. The van der Waals surface area contributed by atoms with E-state index in [-0.39, 0.29) is 12.3 Å². The van der Waals surface area contributed by atoms with Crippen LogP contribution >= 0.6 is 11.3 Å². The van der Waals surface area contributed by atoms with Gasteiger partial charge in [0, 0.05) is 31.6 Å². The zero-order valence-corrected chi connectivity index (χ0v) is 16.8. The molecular formula is C20H23N5O2S. The SMILES string of the molecule is Cc1ccc(-c2nc(CC(=O)Nc3ccc(N4CCN(C)CC4)cn3)cs2)o1. The number of piperazine rings is 1. The number of pyridine rings is 1. The van der Waals surface area contributed by atoms with Crippen molar-refractivity contribution in [1.29, 1.82) is 0 Å². The molecule has 0 bridgehead atoms. The van der Waals surface area contributed by atoms with Gasteiger partial charge in [-0.3, -0.25) is 4.79 Å². The maximum absolute atomic E-state index is 12.3. The lowest BCUT2D eigenvalue weighted by molar-refractivity contribution is -0.115. The number of carbonyl (C=O) groups excluding carboxylic acids is 1. The Balaban J connectivity index is 1.33. The summed E-state index contributed by atoms with van der Waals surface area (Å²) >= 11 is 1.47. The Hall–Kier alpha value is -2.71. The van der Waals surface area contributed by atoms with E-state index >= 15 is 0 Å². The van der Waals surface area contributed by atoms with Gasteiger partial charge in [0.1, 0.15) is 11.6 Å². The topological polar surface area (TPSA) is 74.5 Å². The predicted molar refractivity (Wildman–Crippen MR) is 111 cm³/mol. The van der Waals surface area contributed by atoms with E-state index in [4.69, 9.17) is 4.42 Å². The fourth-order valence-electron chi connectivity index (χ4n) is 3.11. The minimum Gasteiger partial charge on any atom is -0.459 e. The average molecular weight is 398 g/mol. The predicted octanol–water partition coefficient (Wildman–Crippen LogP) is 3.04. The molecule has 1 amide bonds. The van der Waals surface area contributed by atoms with Gasteiger partial charge in [-0.1, -0.05) is 0 Å². The Labute approximate surface area is 168 Å². The van der Waals surface area contributed by atoms with Crippen molar-refractivity contribution in [2.45, 2.75) is 13.3 Å². The molecule has 146 valence electrons. The number of nitrogens with zero attached hydrogens (tertiary/aromatic N) is 4. The number of hydrogen-bond donors (Lipinski definition) is 1. The van der Waals surface area contributed by atoms with Gasteiger partial charge in [-0.25, -0.2) is 9.97 Å². The van der Waals surface area contributed by atoms with Crippen molar-refractivity contribution in [2.75, 3.05) is 43.4 Å². The number of likely N-dealkylation sites (N-methyl/N-ethyl adjacent to an activating group) is 1. The van der Waals surface area contributed by atoms with E-state index in [1.165, 1.54) is 11.3 Å². The molecule has 1 aliphatic rings. The quantitative estimate of drug-likeness (QED) is 0.713. The van der Waals surface area contributed by atoms with Gasteiger partial charge in [-0.15, -0.1) is 11.3 Å². The highest BCUT2D eigenvalue weighted by molar-refractivity contribution is 7.13. The molecular weight excluding hydrogens is 374 g/mol. The second-order valence-electron chi connectivity index (χ2n) is 6.97. The Morgan fingerprint density at radius 1 is 1.21 bits per heavy atom. The minimum absolute atomic E-state index is 0.132. The molecule has 0 aliphatic carbocycles. The Bertz CT molecular complexity index is 942. The minimum atomic E-state index is -0.132. The normalized spacial score (nSPS) is 15.0. The van der Waals surface area contributed by atoms with Gasteiger partial charge >= 0.3 is 0 Å². The molecule has 0 aromatic carbocycles. The van der Waals surface area contributed by atoms with E-state index in [0.29, 0.717) is 5.82 Å². The van der Waals surface area contributed by atoms with Crippen molar-refractivity contribution in [3.8, 4) is 10.8 Å². The molecule has 1 fully saturated rings. The molecule has 8 heteroatoms. The van der Waals surface area contributed by atoms with E-state index in [1.54, 1.807) is 0 Å². The molecule has 0 atom stereocenters. The van der Waals surface area contributed by atoms with Crippen LogP contribution in [0.1, 0.15) is 11.5 Å². The Morgan fingerprint density at radius 3 is 2.71 bits per heavy atom. The number of furan rings is 1. The summed E-state index contributed by atoms with van der Waals surface area (Å²) in [5.74, 6) is 2.00. The van der Waals surface area contributed by atoms with Crippen LogP contribution in [0.5, 0.6) is 0 Å². The summed E-state index contributed by atoms with van der Waals surface area (Å²) < 4.78 is 5.58. The lowest BCUT2D eigenvalue weighted by Gasteiger charge is -2.33. The third-order valence-corrected chi connectivity index (χ3v) is 5.63. The Morgan fingerprint density at radius 2 is 2.04 bits per heavy atom. The molecule has 1 saturated heterocycles. The number of thiazole rings is 1. The van der Waals surface area contributed by atoms with E-state index in [9.17, 15) is 4.79 Å². The lowest BCUT2D eigenvalue weighted by atomic mass is 10.3. The van der Waals surface area contributed by atoms with Crippen molar-refractivity contribution < 1.29 is 9.21 Å². The number of amides is 1. The van der Waals surface area contributed by atoms with Gasteiger partial charge in [0.2, 0.25) is 5.91 Å². The monoisotopic (exact) mass is 397 g/mol. The zero-order chi connectivity index (χ0) is 19.5. The largest absolute Gasteiger partial charge is 0.459 e. The summed E-state index contributed by atoms with van der Waals surface area (Å²) in [5, 5.41) is 5.51. The van der Waals surface area contributed by atoms with Gasteiger partial charge in [0.15, 0.2) is 10.8 Å². The summed E-state index contributed by atoms with van der Waals surface area (Å²) in [6.45, 7) is 5.97. The van der Waals surface area contributed by atoms with Crippen molar-refractivity contribution in [2.24, 2.45) is 0 Å². The summed E-state index contributed by atoms with van der Waals surface area (Å²) in [4.78, 5) is 25.8. The molecule has 28 heavy (non-hydrogen) atoms. The molecule has 0 radical (unpaired) electrons. The molecule has 4 heterocycles. The van der Waals surface area contributed by atoms with Crippen LogP contribution in [-0.4, -0.2) is 54.0 Å². The van der Waals surface area contributed by atoms with Gasteiger partial charge in [-0.05, 0) is 38.2 Å². The molecule has 0 saturated carbocycles. The van der Waals surface area contributed by atoms with Crippen LogP contribution in [0.25, 0.3) is 10.8 Å². The molecule has 4 rings (SSSR count). The summed E-state index contributed by atoms with van der Waals surface area (Å²) in [7, 11) is 2.13. The molecule has 0 spiro atoms. The number of nitrogens with one attached hydrogen (secondary N) is 1. The highest BCUT2D eigenvalue weighted by Gasteiger charge is 2.15. The lowest BCUT2D eigenvalue weighted by Crippen LogP contribution is -2.44. The van der Waals surface area contributed by atoms with Gasteiger partial charge in [0.05, 0.1) is 24.0 Å². The van der Waals surface area contributed by atoms with Gasteiger partial charge < -0.3 is 19.5 Å². The molecule has 0 unspecified atom stereocenters. The highest BCUT2D eigenvalue weighted by Crippen LogP contribution is 2.26. The van der Waals surface area contributed by atoms with Gasteiger partial charge in [-0.2, -0.15) is 0 Å². The fraction of sp³-hybridized carbons (Fsp3) is 0.350. The van der Waals surface area contributed by atoms with Crippen molar-refractivity contribution >= 4 is 28.7 Å². The van der Waals surface area contributed by atoms with E-state index in [0.717, 1.165) is 54.1 Å². The van der Waals surface area contributed by atoms with Crippen molar-refractivity contribution in [3.63, 3.8) is 0 Å². The van der Waals surface area contributed by atoms with Crippen LogP contribution < -0.4 is 10.2 Å². The van der Waals surface area contributed by atoms with Crippen LogP contribution in [-0.2, 0) is 11.2 Å². The standard InChI is InChI=1S/C20H23N5O2S/c1-14-3-5-17(27-14)20-22-15(13-28-20)11-19(26)23-18-6-4-16(12-21-18)25-9-7-24(2)8-10-25/h3-6,12-13H,7-11H2,1-2H3,(H,21,23,26). The number of aromatic nitrogens is 2. The van der Waals surface area contributed by atoms with Crippen LogP contribution in [0.3, 0.4) is 0 Å². The summed E-state index contributed by atoms with van der Waals surface area (Å²) in [5.41, 5.74) is 1.81. The molecule has 3 aromatic heterocycles. The van der Waals surface area contributed by atoms with Crippen molar-refractivity contribution in [1.82, 2.24) is 14.9 Å². The van der Waals surface area contributed by atoms with Crippen molar-refractivity contribution in [3.05, 3.63) is 47.3 Å². The first-order valence-corrected chi connectivity index (χ1v) is 10.2. The highest BCUT2D eigenvalue weighted by atomic mass is 32.1. The molecule has 7 nitrogen and oxygen atoms in total. The second-order valence-corrected chi connectivity index (χ2v) is 7.83. The summed E-state index contributed by atoms with van der Waals surface area (Å²) in [6.07, 6.45) is 2.03. The van der Waals surface area contributed by atoms with E-state index in [2.05, 4.69) is 32.1 Å². The third kappa shape index (κ3) is 4.40. The summed E-state index contributed by atoms with van der Waals surface area (Å²) in [6, 6.07) is 7.65. The second kappa shape index (κ2) is 8.12. The smallest absolute Gasteiger partial charge is 0.231 e. The zero-order valence-electron chi connectivity index (χ0n) is 16.0. The average Bonchev–Trinajstić information content (AvgIpc) is 3.32. The van der Waals surface area contributed by atoms with Crippen LogP contribution in [0.4, 0.5) is 11.5 Å². The van der Waals surface area contributed by atoms with Crippen LogP contribution in [0.2, 0.25) is 0 Å². The maximum Gasteiger partial charge on any atom is 0.231 e. The molecule has 1 N–H and O–H groups in total. The number of anilines is 2. The number of rotatable bonds is 5.